The minimum Gasteiger partial charge on any atom is -0.324 e. The lowest BCUT2D eigenvalue weighted by molar-refractivity contribution is 0.371. The molecule has 0 bridgehead atoms. The number of rotatable bonds is 2. The van der Waals surface area contributed by atoms with E-state index in [1.165, 1.54) is 11.3 Å². The zero-order valence-corrected chi connectivity index (χ0v) is 7.60. The highest BCUT2D eigenvalue weighted by atomic mass is 32.1. The van der Waals surface area contributed by atoms with E-state index in [1.54, 1.807) is 12.3 Å². The molecule has 0 saturated carbocycles. The van der Waals surface area contributed by atoms with E-state index in [-0.39, 0.29) is 6.16 Å². The molecule has 0 fully saturated rings. The fourth-order valence-corrected chi connectivity index (χ4v) is 2.01. The molecule has 0 unspecified atom stereocenters. The smallest absolute Gasteiger partial charge is 0.324 e. The van der Waals surface area contributed by atoms with Crippen molar-refractivity contribution in [2.75, 3.05) is 0 Å². The van der Waals surface area contributed by atoms with E-state index in [9.17, 15) is 4.57 Å². The monoisotopic (exact) mass is 193 g/mol. The topological polar surface area (TPSA) is 70.4 Å². The normalized spacial score (nSPS) is 11.9. The zero-order valence-electron chi connectivity index (χ0n) is 5.89. The fourth-order valence-electron chi connectivity index (χ4n) is 0.692. The summed E-state index contributed by atoms with van der Waals surface area (Å²) >= 11 is 1.39. The standard InChI is InChI=1S/C5H8NO3PS/c1-4-6-5(3-11-4)2-10(7,8)9/h3H,2H2,1H3,(H2,7,8,9). The van der Waals surface area contributed by atoms with Crippen LogP contribution in [0, 0.1) is 6.92 Å². The SMILES string of the molecule is Cc1nc(CP(=O)(O)O)cs1. The van der Waals surface area contributed by atoms with Gasteiger partial charge in [0.1, 0.15) is 0 Å². The van der Waals surface area contributed by atoms with Crippen molar-refractivity contribution < 1.29 is 14.4 Å². The van der Waals surface area contributed by atoms with Gasteiger partial charge in [-0.25, -0.2) is 4.98 Å². The van der Waals surface area contributed by atoms with E-state index in [1.807, 2.05) is 0 Å². The van der Waals surface area contributed by atoms with Crippen LogP contribution in [0.4, 0.5) is 0 Å². The fraction of sp³-hybridized carbons (Fsp3) is 0.400. The minimum atomic E-state index is -3.93. The average Bonchev–Trinajstić information content (AvgIpc) is 2.10. The summed E-state index contributed by atoms with van der Waals surface area (Å²) in [6, 6.07) is 0. The second-order valence-corrected chi connectivity index (χ2v) is 4.89. The molecule has 4 nitrogen and oxygen atoms in total. The van der Waals surface area contributed by atoms with Crippen LogP contribution in [0.5, 0.6) is 0 Å². The van der Waals surface area contributed by atoms with Crippen molar-refractivity contribution in [3.8, 4) is 0 Å². The van der Waals surface area contributed by atoms with Gasteiger partial charge in [0.25, 0.3) is 0 Å². The Morgan fingerprint density at radius 1 is 1.73 bits per heavy atom. The third-order valence-electron chi connectivity index (χ3n) is 1.03. The van der Waals surface area contributed by atoms with Crippen molar-refractivity contribution in [3.63, 3.8) is 0 Å². The van der Waals surface area contributed by atoms with E-state index < -0.39 is 7.60 Å². The second kappa shape index (κ2) is 3.03. The first-order valence-electron chi connectivity index (χ1n) is 2.93. The van der Waals surface area contributed by atoms with Gasteiger partial charge >= 0.3 is 7.60 Å². The Labute approximate surface area is 68.1 Å². The van der Waals surface area contributed by atoms with E-state index in [4.69, 9.17) is 9.79 Å². The van der Waals surface area contributed by atoms with Gasteiger partial charge in [-0.1, -0.05) is 0 Å². The molecule has 0 aliphatic carbocycles. The molecule has 1 rings (SSSR count). The Balaban J connectivity index is 2.73. The van der Waals surface area contributed by atoms with Gasteiger partial charge in [-0.15, -0.1) is 11.3 Å². The summed E-state index contributed by atoms with van der Waals surface area (Å²) in [6.45, 7) is 1.80. The molecule has 0 aliphatic heterocycles. The van der Waals surface area contributed by atoms with Gasteiger partial charge < -0.3 is 9.79 Å². The van der Waals surface area contributed by atoms with E-state index in [0.29, 0.717) is 5.69 Å². The Morgan fingerprint density at radius 3 is 2.73 bits per heavy atom. The largest absolute Gasteiger partial charge is 0.331 e. The Morgan fingerprint density at radius 2 is 2.36 bits per heavy atom. The lowest BCUT2D eigenvalue weighted by atomic mass is 10.6. The highest BCUT2D eigenvalue weighted by molar-refractivity contribution is 7.50. The summed E-state index contributed by atoms with van der Waals surface area (Å²) in [6.07, 6.45) is -0.253. The van der Waals surface area contributed by atoms with Gasteiger partial charge in [0.15, 0.2) is 0 Å². The zero-order chi connectivity index (χ0) is 8.48. The number of thiazole rings is 1. The van der Waals surface area contributed by atoms with Crippen LogP contribution < -0.4 is 0 Å². The first kappa shape index (κ1) is 8.87. The van der Waals surface area contributed by atoms with Crippen LogP contribution in [0.2, 0.25) is 0 Å². The molecule has 0 aliphatic rings. The third kappa shape index (κ3) is 3.12. The van der Waals surface area contributed by atoms with Crippen LogP contribution in [0.3, 0.4) is 0 Å². The van der Waals surface area contributed by atoms with Crippen molar-refractivity contribution in [3.05, 3.63) is 16.1 Å². The summed E-state index contributed by atoms with van der Waals surface area (Å²) in [7, 11) is -3.93. The van der Waals surface area contributed by atoms with Crippen LogP contribution in [0.1, 0.15) is 10.7 Å². The van der Waals surface area contributed by atoms with Crippen LogP contribution in [-0.2, 0) is 10.7 Å². The molecule has 1 aromatic heterocycles. The van der Waals surface area contributed by atoms with Crippen LogP contribution in [0.25, 0.3) is 0 Å². The van der Waals surface area contributed by atoms with Crippen LogP contribution in [0.15, 0.2) is 5.38 Å². The predicted molar refractivity (Wildman–Crippen MR) is 42.6 cm³/mol. The van der Waals surface area contributed by atoms with Crippen molar-refractivity contribution in [1.82, 2.24) is 4.98 Å². The van der Waals surface area contributed by atoms with E-state index in [2.05, 4.69) is 4.98 Å². The van der Waals surface area contributed by atoms with Gasteiger partial charge in [0, 0.05) is 5.38 Å². The molecule has 0 saturated heterocycles. The molecular formula is C5H8NO3PS. The van der Waals surface area contributed by atoms with E-state index >= 15 is 0 Å². The molecule has 0 spiro atoms. The van der Waals surface area contributed by atoms with Gasteiger partial charge in [0.2, 0.25) is 0 Å². The third-order valence-corrected chi connectivity index (χ3v) is 2.59. The highest BCUT2D eigenvalue weighted by Crippen LogP contribution is 2.38. The summed E-state index contributed by atoms with van der Waals surface area (Å²) in [5, 5.41) is 2.49. The van der Waals surface area contributed by atoms with Crippen LogP contribution >= 0.6 is 18.9 Å². The van der Waals surface area contributed by atoms with E-state index in [0.717, 1.165) is 5.01 Å². The lowest BCUT2D eigenvalue weighted by Gasteiger charge is -1.98. The van der Waals surface area contributed by atoms with Gasteiger partial charge in [-0.05, 0) is 6.92 Å². The van der Waals surface area contributed by atoms with Crippen molar-refractivity contribution in [1.29, 1.82) is 0 Å². The molecule has 0 atom stereocenters. The molecule has 0 aromatic carbocycles. The van der Waals surface area contributed by atoms with Crippen molar-refractivity contribution >= 4 is 18.9 Å². The Hall–Kier alpha value is -0.220. The summed E-state index contributed by atoms with van der Waals surface area (Å²) in [5.74, 6) is 0. The molecule has 62 valence electrons. The Kier molecular flexibility index (Phi) is 2.44. The summed E-state index contributed by atoms with van der Waals surface area (Å²) < 4.78 is 10.5. The average molecular weight is 193 g/mol. The minimum absolute atomic E-state index is 0.253. The Bertz CT molecular complexity index is 292. The number of hydrogen-bond donors (Lipinski definition) is 2. The van der Waals surface area contributed by atoms with Crippen molar-refractivity contribution in [2.45, 2.75) is 13.1 Å². The second-order valence-electron chi connectivity index (χ2n) is 2.18. The lowest BCUT2D eigenvalue weighted by Crippen LogP contribution is -1.86. The molecular weight excluding hydrogens is 185 g/mol. The summed E-state index contributed by atoms with van der Waals surface area (Å²) in [4.78, 5) is 21.0. The molecule has 2 N–H and O–H groups in total. The van der Waals surface area contributed by atoms with Crippen molar-refractivity contribution in [2.24, 2.45) is 0 Å². The maximum atomic E-state index is 10.5. The number of hydrogen-bond acceptors (Lipinski definition) is 3. The van der Waals surface area contributed by atoms with Gasteiger partial charge in [0.05, 0.1) is 16.9 Å². The molecule has 6 heteroatoms. The molecule has 0 amide bonds. The maximum Gasteiger partial charge on any atom is 0.331 e. The summed E-state index contributed by atoms with van der Waals surface area (Å²) in [5.41, 5.74) is 0.473. The van der Waals surface area contributed by atoms with Gasteiger partial charge in [-0.2, -0.15) is 0 Å². The van der Waals surface area contributed by atoms with Crippen LogP contribution in [-0.4, -0.2) is 14.8 Å². The number of aromatic nitrogens is 1. The highest BCUT2D eigenvalue weighted by Gasteiger charge is 2.15. The quantitative estimate of drug-likeness (QED) is 0.690. The molecule has 1 aromatic rings. The van der Waals surface area contributed by atoms with Gasteiger partial charge in [-0.3, -0.25) is 4.57 Å². The molecule has 0 radical (unpaired) electrons. The molecule has 11 heavy (non-hydrogen) atoms. The maximum absolute atomic E-state index is 10.5. The first-order valence-corrected chi connectivity index (χ1v) is 5.61. The predicted octanol–water partition coefficient (Wildman–Crippen LogP) is 1.13. The molecule has 1 heterocycles. The first-order chi connectivity index (χ1) is 4.97. The number of aryl methyl sites for hydroxylation is 1. The number of nitrogens with zero attached hydrogens (tertiary/aromatic N) is 1.